The summed E-state index contributed by atoms with van der Waals surface area (Å²) in [4.78, 5) is 11.5. The highest BCUT2D eigenvalue weighted by atomic mass is 16.5. The fraction of sp³-hybridized carbons (Fsp3) is 0.643. The molecule has 8 heteroatoms. The summed E-state index contributed by atoms with van der Waals surface area (Å²) in [7, 11) is 1.89. The molecule has 0 atom stereocenters. The lowest BCUT2D eigenvalue weighted by Crippen LogP contribution is -2.39. The van der Waals surface area contributed by atoms with E-state index >= 15 is 0 Å². The average molecular weight is 305 g/mol. The molecule has 0 bridgehead atoms. The van der Waals surface area contributed by atoms with Crippen LogP contribution in [0.4, 0.5) is 11.8 Å². The van der Waals surface area contributed by atoms with Gasteiger partial charge in [-0.3, -0.25) is 9.58 Å². The van der Waals surface area contributed by atoms with Crippen LogP contribution in [-0.2, 0) is 11.8 Å². The van der Waals surface area contributed by atoms with Gasteiger partial charge < -0.3 is 15.4 Å². The first-order chi connectivity index (χ1) is 10.8. The van der Waals surface area contributed by atoms with Crippen molar-refractivity contribution >= 4 is 22.8 Å². The molecule has 1 aliphatic rings. The summed E-state index contributed by atoms with van der Waals surface area (Å²) in [5.41, 5.74) is 0.833. The van der Waals surface area contributed by atoms with E-state index in [4.69, 9.17) is 4.74 Å². The second-order valence-electron chi connectivity index (χ2n) is 5.31. The minimum Gasteiger partial charge on any atom is -0.379 e. The van der Waals surface area contributed by atoms with Gasteiger partial charge in [0.15, 0.2) is 5.65 Å². The molecule has 0 spiro atoms. The Morgan fingerprint density at radius 1 is 1.23 bits per heavy atom. The Morgan fingerprint density at radius 3 is 2.82 bits per heavy atom. The van der Waals surface area contributed by atoms with Crippen LogP contribution in [0.1, 0.15) is 6.92 Å². The first-order valence-corrected chi connectivity index (χ1v) is 7.75. The van der Waals surface area contributed by atoms with Gasteiger partial charge in [-0.1, -0.05) is 0 Å². The normalized spacial score (nSPS) is 16.1. The third-order valence-corrected chi connectivity index (χ3v) is 3.75. The van der Waals surface area contributed by atoms with Crippen molar-refractivity contribution in [1.82, 2.24) is 24.6 Å². The smallest absolute Gasteiger partial charge is 0.226 e. The van der Waals surface area contributed by atoms with Crippen LogP contribution in [0.5, 0.6) is 0 Å². The molecule has 2 aromatic heterocycles. The van der Waals surface area contributed by atoms with Gasteiger partial charge in [-0.2, -0.15) is 15.1 Å². The molecular weight excluding hydrogens is 282 g/mol. The van der Waals surface area contributed by atoms with E-state index in [1.165, 1.54) is 0 Å². The number of hydrogen-bond acceptors (Lipinski definition) is 7. The van der Waals surface area contributed by atoms with Crippen molar-refractivity contribution < 1.29 is 4.74 Å². The van der Waals surface area contributed by atoms with Crippen LogP contribution < -0.4 is 10.6 Å². The lowest BCUT2D eigenvalue weighted by atomic mass is 10.4. The first kappa shape index (κ1) is 15.0. The Balaban J connectivity index is 1.68. The highest BCUT2D eigenvalue weighted by molar-refractivity contribution is 5.87. The number of aryl methyl sites for hydroxylation is 1. The summed E-state index contributed by atoms with van der Waals surface area (Å²) in [5.74, 6) is 1.47. The molecule has 8 nitrogen and oxygen atoms in total. The van der Waals surface area contributed by atoms with E-state index in [1.807, 2.05) is 7.05 Å². The lowest BCUT2D eigenvalue weighted by molar-refractivity contribution is 0.0398. The number of hydrogen-bond donors (Lipinski definition) is 2. The standard InChI is InChI=1S/C14H23N7O/c1-3-15-12-11-10-17-20(2)13(11)19-14(18-12)16-4-5-21-6-8-22-9-7-21/h10H,3-9H2,1-2H3,(H2,15,16,18,19). The van der Waals surface area contributed by atoms with Crippen LogP contribution in [0.15, 0.2) is 6.20 Å². The van der Waals surface area contributed by atoms with Crippen LogP contribution in [0.3, 0.4) is 0 Å². The van der Waals surface area contributed by atoms with Crippen LogP contribution >= 0.6 is 0 Å². The topological polar surface area (TPSA) is 80.1 Å². The summed E-state index contributed by atoms with van der Waals surface area (Å²) in [6.45, 7) is 8.27. The number of nitrogens with one attached hydrogen (secondary N) is 2. The van der Waals surface area contributed by atoms with Crippen LogP contribution in [0.25, 0.3) is 11.0 Å². The third-order valence-electron chi connectivity index (χ3n) is 3.75. The largest absolute Gasteiger partial charge is 0.379 e. The Kier molecular flexibility index (Phi) is 4.69. The zero-order valence-corrected chi connectivity index (χ0v) is 13.2. The maximum absolute atomic E-state index is 5.35. The number of morpholine rings is 1. The molecule has 3 rings (SSSR count). The molecule has 0 radical (unpaired) electrons. The predicted octanol–water partition coefficient (Wildman–Crippen LogP) is 0.539. The van der Waals surface area contributed by atoms with E-state index in [1.54, 1.807) is 10.9 Å². The summed E-state index contributed by atoms with van der Waals surface area (Å²) in [6.07, 6.45) is 1.80. The maximum atomic E-state index is 5.35. The number of anilines is 2. The first-order valence-electron chi connectivity index (χ1n) is 7.75. The van der Waals surface area contributed by atoms with Gasteiger partial charge in [-0.25, -0.2) is 0 Å². The summed E-state index contributed by atoms with van der Waals surface area (Å²) in [6, 6.07) is 0. The molecule has 0 aromatic carbocycles. The van der Waals surface area contributed by atoms with E-state index in [2.05, 4.69) is 37.5 Å². The van der Waals surface area contributed by atoms with Crippen LogP contribution in [-0.4, -0.2) is 70.6 Å². The Morgan fingerprint density at radius 2 is 2.05 bits per heavy atom. The summed E-state index contributed by atoms with van der Waals surface area (Å²) < 4.78 is 7.12. The number of rotatable bonds is 6. The molecular formula is C14H23N7O. The quantitative estimate of drug-likeness (QED) is 0.806. The monoisotopic (exact) mass is 305 g/mol. The van der Waals surface area contributed by atoms with Crippen molar-refractivity contribution in [2.75, 3.05) is 56.6 Å². The molecule has 2 aromatic rings. The minimum absolute atomic E-state index is 0.639. The van der Waals surface area contributed by atoms with Gasteiger partial charge in [-0.15, -0.1) is 0 Å². The van der Waals surface area contributed by atoms with Gasteiger partial charge in [0.1, 0.15) is 5.82 Å². The second kappa shape index (κ2) is 6.89. The van der Waals surface area contributed by atoms with Crippen molar-refractivity contribution in [3.8, 4) is 0 Å². The van der Waals surface area contributed by atoms with Crippen molar-refractivity contribution in [1.29, 1.82) is 0 Å². The van der Waals surface area contributed by atoms with Gasteiger partial charge in [0, 0.05) is 39.8 Å². The zero-order valence-electron chi connectivity index (χ0n) is 13.2. The van der Waals surface area contributed by atoms with E-state index in [9.17, 15) is 0 Å². The highest BCUT2D eigenvalue weighted by Crippen LogP contribution is 2.20. The SMILES string of the molecule is CCNc1nc(NCCN2CCOCC2)nc2c1cnn2C. The fourth-order valence-corrected chi connectivity index (χ4v) is 2.55. The van der Waals surface area contributed by atoms with Gasteiger partial charge in [-0.05, 0) is 6.92 Å². The molecule has 1 aliphatic heterocycles. The van der Waals surface area contributed by atoms with Crippen molar-refractivity contribution in [3.05, 3.63) is 6.20 Å². The van der Waals surface area contributed by atoms with Crippen molar-refractivity contribution in [2.24, 2.45) is 7.05 Å². The van der Waals surface area contributed by atoms with Gasteiger partial charge in [0.05, 0.1) is 24.8 Å². The molecule has 22 heavy (non-hydrogen) atoms. The van der Waals surface area contributed by atoms with Gasteiger partial charge >= 0.3 is 0 Å². The molecule has 0 amide bonds. The van der Waals surface area contributed by atoms with Crippen LogP contribution in [0.2, 0.25) is 0 Å². The van der Waals surface area contributed by atoms with E-state index in [0.29, 0.717) is 5.95 Å². The molecule has 0 aliphatic carbocycles. The predicted molar refractivity (Wildman–Crippen MR) is 86.2 cm³/mol. The summed E-state index contributed by atoms with van der Waals surface area (Å²) in [5, 5.41) is 11.8. The van der Waals surface area contributed by atoms with Gasteiger partial charge in [0.25, 0.3) is 0 Å². The zero-order chi connectivity index (χ0) is 15.4. The Bertz CT molecular complexity index is 621. The highest BCUT2D eigenvalue weighted by Gasteiger charge is 2.12. The number of aromatic nitrogens is 4. The molecule has 1 fully saturated rings. The minimum atomic E-state index is 0.639. The van der Waals surface area contributed by atoms with Crippen LogP contribution in [0, 0.1) is 0 Å². The molecule has 1 saturated heterocycles. The molecule has 0 unspecified atom stereocenters. The number of ether oxygens (including phenoxy) is 1. The Hall–Kier alpha value is -1.93. The maximum Gasteiger partial charge on any atom is 0.226 e. The lowest BCUT2D eigenvalue weighted by Gasteiger charge is -2.26. The van der Waals surface area contributed by atoms with Crippen molar-refractivity contribution in [2.45, 2.75) is 6.92 Å². The van der Waals surface area contributed by atoms with E-state index < -0.39 is 0 Å². The van der Waals surface area contributed by atoms with Gasteiger partial charge in [0.2, 0.25) is 5.95 Å². The second-order valence-corrected chi connectivity index (χ2v) is 5.31. The molecule has 120 valence electrons. The average Bonchev–Trinajstić information content (AvgIpc) is 2.91. The molecule has 2 N–H and O–H groups in total. The van der Waals surface area contributed by atoms with E-state index in [-0.39, 0.29) is 0 Å². The molecule has 3 heterocycles. The van der Waals surface area contributed by atoms with Crippen molar-refractivity contribution in [3.63, 3.8) is 0 Å². The fourth-order valence-electron chi connectivity index (χ4n) is 2.55. The Labute approximate surface area is 129 Å². The van der Waals surface area contributed by atoms with E-state index in [0.717, 1.165) is 62.8 Å². The third kappa shape index (κ3) is 3.28. The molecule has 0 saturated carbocycles. The summed E-state index contributed by atoms with van der Waals surface area (Å²) >= 11 is 0. The number of nitrogens with zero attached hydrogens (tertiary/aromatic N) is 5. The number of fused-ring (bicyclic) bond motifs is 1.